The normalized spacial score (nSPS) is 12.7. The zero-order valence-corrected chi connectivity index (χ0v) is 54.2. The molecule has 6 nitrogen and oxygen atoms in total. The van der Waals surface area contributed by atoms with Crippen molar-refractivity contribution in [3.05, 3.63) is 97.2 Å². The third-order valence-corrected chi connectivity index (χ3v) is 15.3. The summed E-state index contributed by atoms with van der Waals surface area (Å²) in [5.74, 6) is -0.951. The number of carbonyl (C=O) groups is 3. The van der Waals surface area contributed by atoms with Crippen molar-refractivity contribution in [2.75, 3.05) is 13.2 Å². The molecule has 0 aliphatic heterocycles. The van der Waals surface area contributed by atoms with Gasteiger partial charge in [0.25, 0.3) is 0 Å². The average Bonchev–Trinajstić information content (AvgIpc) is 3.47. The van der Waals surface area contributed by atoms with Crippen LogP contribution in [0.2, 0.25) is 0 Å². The van der Waals surface area contributed by atoms with Crippen molar-refractivity contribution in [3.8, 4) is 0 Å². The predicted molar refractivity (Wildman–Crippen MR) is 357 cm³/mol. The van der Waals surface area contributed by atoms with Crippen LogP contribution in [0.4, 0.5) is 0 Å². The van der Waals surface area contributed by atoms with Crippen LogP contribution in [0, 0.1) is 0 Å². The van der Waals surface area contributed by atoms with Gasteiger partial charge in [0.2, 0.25) is 0 Å². The highest BCUT2D eigenvalue weighted by molar-refractivity contribution is 5.71. The number of carbonyl (C=O) groups excluding carboxylic acids is 3. The van der Waals surface area contributed by atoms with Crippen molar-refractivity contribution < 1.29 is 28.6 Å². The van der Waals surface area contributed by atoms with E-state index in [1.807, 2.05) is 0 Å². The maximum absolute atomic E-state index is 12.9. The zero-order chi connectivity index (χ0) is 59.2. The van der Waals surface area contributed by atoms with E-state index < -0.39 is 6.10 Å². The van der Waals surface area contributed by atoms with Gasteiger partial charge in [-0.25, -0.2) is 0 Å². The van der Waals surface area contributed by atoms with Crippen molar-refractivity contribution in [1.29, 1.82) is 0 Å². The first kappa shape index (κ1) is 78.3. The van der Waals surface area contributed by atoms with E-state index >= 15 is 0 Å². The highest BCUT2D eigenvalue weighted by atomic mass is 16.6. The monoisotopic (exact) mass is 1140 g/mol. The average molecular weight is 1140 g/mol. The summed E-state index contributed by atoms with van der Waals surface area (Å²) < 4.78 is 16.9. The van der Waals surface area contributed by atoms with Crippen molar-refractivity contribution >= 4 is 17.9 Å². The summed E-state index contributed by atoms with van der Waals surface area (Å²) in [6.07, 6.45) is 94.5. The topological polar surface area (TPSA) is 78.9 Å². The molecule has 0 heterocycles. The second kappa shape index (κ2) is 69.8. The number of rotatable bonds is 64. The molecule has 0 radical (unpaired) electrons. The van der Waals surface area contributed by atoms with Gasteiger partial charge in [-0.15, -0.1) is 0 Å². The standard InChI is InChI=1S/C76H132O6/c1-4-7-10-13-16-19-22-25-28-31-33-34-35-36-37-38-39-40-41-42-43-46-48-51-54-57-60-63-66-69-75(78)81-72-73(71-80-74(77)68-65-62-59-56-53-50-47-44-30-27-24-21-18-15-12-9-6-3)82-76(79)70-67-64-61-58-55-52-49-45-32-29-26-23-20-17-14-11-8-5-2/h9,12,18,20-21,23,27,29-33,47,50,56,59,73H,4-8,10-11,13-17,19,22,24-26,28,34-46,48-49,51-55,57-58,60-72H2,1-3H3/b12-9-,21-18-,23-20-,30-27-,32-29-,33-31-,50-47-,59-56-. The molecule has 6 heteroatoms. The molecule has 0 aromatic rings. The van der Waals surface area contributed by atoms with E-state index in [1.54, 1.807) is 0 Å². The van der Waals surface area contributed by atoms with Gasteiger partial charge in [0, 0.05) is 19.3 Å². The Morgan fingerprint density at radius 1 is 0.256 bits per heavy atom. The Morgan fingerprint density at radius 2 is 0.488 bits per heavy atom. The van der Waals surface area contributed by atoms with Gasteiger partial charge in [-0.3, -0.25) is 14.4 Å². The number of hydrogen-bond donors (Lipinski definition) is 0. The fourth-order valence-corrected chi connectivity index (χ4v) is 10.0. The number of ether oxygens (including phenoxy) is 3. The third-order valence-electron chi connectivity index (χ3n) is 15.3. The fraction of sp³-hybridized carbons (Fsp3) is 0.750. The summed E-state index contributed by atoms with van der Waals surface area (Å²) in [7, 11) is 0. The van der Waals surface area contributed by atoms with Crippen LogP contribution in [-0.2, 0) is 28.6 Å². The van der Waals surface area contributed by atoms with E-state index in [2.05, 4.69) is 118 Å². The van der Waals surface area contributed by atoms with Gasteiger partial charge in [0.15, 0.2) is 6.10 Å². The van der Waals surface area contributed by atoms with Crippen LogP contribution >= 0.6 is 0 Å². The zero-order valence-electron chi connectivity index (χ0n) is 54.2. The summed E-state index contributed by atoms with van der Waals surface area (Å²) in [4.78, 5) is 38.4. The summed E-state index contributed by atoms with van der Waals surface area (Å²) >= 11 is 0. The van der Waals surface area contributed by atoms with Gasteiger partial charge in [-0.1, -0.05) is 311 Å². The lowest BCUT2D eigenvalue weighted by atomic mass is 10.0. The van der Waals surface area contributed by atoms with E-state index in [0.29, 0.717) is 19.3 Å². The van der Waals surface area contributed by atoms with E-state index in [9.17, 15) is 14.4 Å². The lowest BCUT2D eigenvalue weighted by Crippen LogP contribution is -2.30. The molecule has 0 rings (SSSR count). The van der Waals surface area contributed by atoms with Gasteiger partial charge >= 0.3 is 17.9 Å². The molecule has 0 N–H and O–H groups in total. The van der Waals surface area contributed by atoms with Crippen molar-refractivity contribution in [2.24, 2.45) is 0 Å². The molecular formula is C76H132O6. The second-order valence-corrected chi connectivity index (χ2v) is 23.4. The Morgan fingerprint density at radius 3 is 0.817 bits per heavy atom. The molecule has 0 aromatic heterocycles. The first-order chi connectivity index (χ1) is 40.5. The lowest BCUT2D eigenvalue weighted by molar-refractivity contribution is -0.167. The highest BCUT2D eigenvalue weighted by Gasteiger charge is 2.19. The van der Waals surface area contributed by atoms with Crippen LogP contribution in [0.5, 0.6) is 0 Å². The van der Waals surface area contributed by atoms with Crippen LogP contribution in [-0.4, -0.2) is 37.2 Å². The Balaban J connectivity index is 4.32. The molecule has 0 aliphatic rings. The predicted octanol–water partition coefficient (Wildman–Crippen LogP) is 24.4. The fourth-order valence-electron chi connectivity index (χ4n) is 10.0. The Labute approximate surface area is 508 Å². The molecule has 82 heavy (non-hydrogen) atoms. The van der Waals surface area contributed by atoms with Crippen LogP contribution in [0.25, 0.3) is 0 Å². The van der Waals surface area contributed by atoms with Gasteiger partial charge < -0.3 is 14.2 Å². The molecule has 0 saturated carbocycles. The first-order valence-electron chi connectivity index (χ1n) is 35.2. The SMILES string of the molecule is CC/C=C\C/C=C\C/C=C\C/C=C\C/C=C\CCCC(=O)OCC(COC(=O)CCCCCCCCCCCCCCCCCCC/C=C\CCCCCCCCCC)OC(=O)CCCCCCCCC/C=C\C/C=C\CCCCCC. The maximum Gasteiger partial charge on any atom is 0.306 e. The Kier molecular flexibility index (Phi) is 66.7. The van der Waals surface area contributed by atoms with E-state index in [1.165, 1.54) is 212 Å². The third kappa shape index (κ3) is 67.1. The minimum atomic E-state index is -0.807. The smallest absolute Gasteiger partial charge is 0.306 e. The van der Waals surface area contributed by atoms with E-state index in [4.69, 9.17) is 14.2 Å². The highest BCUT2D eigenvalue weighted by Crippen LogP contribution is 2.17. The van der Waals surface area contributed by atoms with Crippen LogP contribution in [0.3, 0.4) is 0 Å². The molecule has 0 amide bonds. The summed E-state index contributed by atoms with van der Waals surface area (Å²) in [5.41, 5.74) is 0. The van der Waals surface area contributed by atoms with Gasteiger partial charge in [0.05, 0.1) is 0 Å². The van der Waals surface area contributed by atoms with E-state index in [0.717, 1.165) is 89.9 Å². The molecule has 472 valence electrons. The molecule has 0 fully saturated rings. The maximum atomic E-state index is 12.9. The molecule has 1 unspecified atom stereocenters. The van der Waals surface area contributed by atoms with Crippen LogP contribution in [0.15, 0.2) is 97.2 Å². The number of allylic oxidation sites excluding steroid dienone is 16. The van der Waals surface area contributed by atoms with Crippen molar-refractivity contribution in [3.63, 3.8) is 0 Å². The van der Waals surface area contributed by atoms with Crippen molar-refractivity contribution in [2.45, 2.75) is 354 Å². The van der Waals surface area contributed by atoms with Crippen LogP contribution in [0.1, 0.15) is 348 Å². The molecule has 0 spiro atoms. The minimum absolute atomic E-state index is 0.0966. The van der Waals surface area contributed by atoms with Gasteiger partial charge in [-0.2, -0.15) is 0 Å². The van der Waals surface area contributed by atoms with Crippen molar-refractivity contribution in [1.82, 2.24) is 0 Å². The summed E-state index contributed by atoms with van der Waals surface area (Å²) in [5, 5.41) is 0. The largest absolute Gasteiger partial charge is 0.462 e. The quantitative estimate of drug-likeness (QED) is 0.0261. The first-order valence-corrected chi connectivity index (χ1v) is 35.2. The summed E-state index contributed by atoms with van der Waals surface area (Å²) in [6.45, 7) is 6.50. The van der Waals surface area contributed by atoms with Gasteiger partial charge in [-0.05, 0) is 116 Å². The number of hydrogen-bond acceptors (Lipinski definition) is 6. The minimum Gasteiger partial charge on any atom is -0.462 e. The summed E-state index contributed by atoms with van der Waals surface area (Å²) in [6, 6.07) is 0. The molecule has 0 aromatic carbocycles. The Bertz CT molecular complexity index is 1590. The van der Waals surface area contributed by atoms with Gasteiger partial charge in [0.1, 0.15) is 13.2 Å². The second-order valence-electron chi connectivity index (χ2n) is 23.4. The molecular weight excluding hydrogens is 1010 g/mol. The Hall–Kier alpha value is -3.67. The lowest BCUT2D eigenvalue weighted by Gasteiger charge is -2.18. The number of esters is 3. The molecule has 0 aliphatic carbocycles. The number of unbranched alkanes of at least 4 members (excludes halogenated alkanes) is 37. The molecule has 0 bridgehead atoms. The molecule has 0 saturated heterocycles. The molecule has 1 atom stereocenters. The van der Waals surface area contributed by atoms with E-state index in [-0.39, 0.29) is 37.5 Å². The van der Waals surface area contributed by atoms with Crippen LogP contribution < -0.4 is 0 Å².